The lowest BCUT2D eigenvalue weighted by Crippen LogP contribution is -2.42. The number of nitro groups is 1. The number of hydrogen-bond donors (Lipinski definition) is 1. The number of nitrogens with zero attached hydrogens (tertiary/aromatic N) is 1. The quantitative estimate of drug-likeness (QED) is 0.667. The molecule has 1 N–H and O–H groups in total. The van der Waals surface area contributed by atoms with Crippen molar-refractivity contribution in [3.8, 4) is 0 Å². The normalized spacial score (nSPS) is 27.2. The van der Waals surface area contributed by atoms with E-state index in [1.165, 1.54) is 25.3 Å². The second kappa shape index (κ2) is 6.15. The number of hydrogen-bond acceptors (Lipinski definition) is 3. The van der Waals surface area contributed by atoms with E-state index in [-0.39, 0.29) is 10.6 Å². The number of benzene rings is 1. The highest BCUT2D eigenvalue weighted by Crippen LogP contribution is 2.29. The molecule has 0 aromatic heterocycles. The summed E-state index contributed by atoms with van der Waals surface area (Å²) in [7, 11) is 0. The first kappa shape index (κ1) is 14.0. The maximum Gasteiger partial charge on any atom is 0.269 e. The average Bonchev–Trinajstić information content (AvgIpc) is 2.38. The minimum atomic E-state index is -0.338. The number of nitro benzene ring substituents is 1. The van der Waals surface area contributed by atoms with E-state index in [1.807, 2.05) is 6.07 Å². The van der Waals surface area contributed by atoms with Crippen molar-refractivity contribution in [3.05, 3.63) is 39.9 Å². The Hall–Kier alpha value is -1.42. The highest BCUT2D eigenvalue weighted by molar-refractivity contribution is 5.34. The zero-order valence-electron chi connectivity index (χ0n) is 11.6. The summed E-state index contributed by atoms with van der Waals surface area (Å²) < 4.78 is 0. The largest absolute Gasteiger partial charge is 0.309 e. The molecule has 0 heterocycles. The number of non-ortho nitro benzene ring substituents is 1. The molecule has 2 unspecified atom stereocenters. The fourth-order valence-electron chi connectivity index (χ4n) is 3.10. The molecule has 104 valence electrons. The summed E-state index contributed by atoms with van der Waals surface area (Å²) in [6.07, 6.45) is 3.87. The smallest absolute Gasteiger partial charge is 0.269 e. The maximum absolute atomic E-state index is 10.7. The van der Waals surface area contributed by atoms with E-state index < -0.39 is 0 Å². The molecule has 0 radical (unpaired) electrons. The van der Waals surface area contributed by atoms with E-state index in [1.54, 1.807) is 12.1 Å². The van der Waals surface area contributed by atoms with Crippen LogP contribution in [0, 0.1) is 22.0 Å². The molecule has 1 aromatic carbocycles. The zero-order valence-corrected chi connectivity index (χ0v) is 11.6. The monoisotopic (exact) mass is 262 g/mol. The van der Waals surface area contributed by atoms with E-state index in [0.717, 1.165) is 5.56 Å². The molecule has 1 fully saturated rings. The summed E-state index contributed by atoms with van der Waals surface area (Å²) in [5.74, 6) is 1.37. The second-order valence-corrected chi connectivity index (χ2v) is 5.72. The fourth-order valence-corrected chi connectivity index (χ4v) is 3.10. The zero-order chi connectivity index (χ0) is 13.8. The van der Waals surface area contributed by atoms with Crippen LogP contribution in [0.3, 0.4) is 0 Å². The minimum Gasteiger partial charge on any atom is -0.309 e. The van der Waals surface area contributed by atoms with Gasteiger partial charge < -0.3 is 5.32 Å². The summed E-state index contributed by atoms with van der Waals surface area (Å²) in [6.45, 7) is 5.29. The lowest BCUT2D eigenvalue weighted by molar-refractivity contribution is -0.384. The lowest BCUT2D eigenvalue weighted by atomic mass is 9.78. The van der Waals surface area contributed by atoms with Crippen LogP contribution in [0.25, 0.3) is 0 Å². The Morgan fingerprint density at radius 1 is 1.32 bits per heavy atom. The van der Waals surface area contributed by atoms with E-state index in [2.05, 4.69) is 19.2 Å². The Morgan fingerprint density at radius 3 is 2.63 bits per heavy atom. The molecule has 2 atom stereocenters. The second-order valence-electron chi connectivity index (χ2n) is 5.72. The minimum absolute atomic E-state index is 0.170. The van der Waals surface area contributed by atoms with Crippen molar-refractivity contribution in [1.29, 1.82) is 0 Å². The van der Waals surface area contributed by atoms with Crippen LogP contribution in [0.4, 0.5) is 5.69 Å². The summed E-state index contributed by atoms with van der Waals surface area (Å²) in [6, 6.07) is 7.41. The van der Waals surface area contributed by atoms with Gasteiger partial charge in [-0.05, 0) is 30.2 Å². The molecular weight excluding hydrogens is 240 g/mol. The third-order valence-electron chi connectivity index (χ3n) is 4.21. The molecule has 1 aromatic rings. The molecule has 1 saturated carbocycles. The van der Waals surface area contributed by atoms with Gasteiger partial charge in [-0.3, -0.25) is 10.1 Å². The molecule has 0 bridgehead atoms. The Bertz CT molecular complexity index is 438. The van der Waals surface area contributed by atoms with Crippen molar-refractivity contribution in [1.82, 2.24) is 5.32 Å². The van der Waals surface area contributed by atoms with Gasteiger partial charge in [0.1, 0.15) is 0 Å². The van der Waals surface area contributed by atoms with Crippen LogP contribution in [0.5, 0.6) is 0 Å². The average molecular weight is 262 g/mol. The first-order chi connectivity index (χ1) is 9.08. The molecule has 0 aliphatic heterocycles. The third-order valence-corrected chi connectivity index (χ3v) is 4.21. The van der Waals surface area contributed by atoms with E-state index in [9.17, 15) is 10.1 Å². The van der Waals surface area contributed by atoms with Gasteiger partial charge in [-0.1, -0.05) is 32.4 Å². The van der Waals surface area contributed by atoms with Crippen LogP contribution >= 0.6 is 0 Å². The molecular formula is C15H22N2O2. The van der Waals surface area contributed by atoms with E-state index in [4.69, 9.17) is 0 Å². The first-order valence-corrected chi connectivity index (χ1v) is 7.04. The summed E-state index contributed by atoms with van der Waals surface area (Å²) in [4.78, 5) is 10.4. The molecule has 19 heavy (non-hydrogen) atoms. The molecule has 1 aliphatic carbocycles. The topological polar surface area (TPSA) is 55.2 Å². The molecule has 0 spiro atoms. The molecule has 4 heteroatoms. The molecule has 2 rings (SSSR count). The summed E-state index contributed by atoms with van der Waals surface area (Å²) >= 11 is 0. The first-order valence-electron chi connectivity index (χ1n) is 7.04. The van der Waals surface area contributed by atoms with Gasteiger partial charge in [0.15, 0.2) is 0 Å². The van der Waals surface area contributed by atoms with E-state index >= 15 is 0 Å². The summed E-state index contributed by atoms with van der Waals surface area (Å²) in [5.41, 5.74) is 1.16. The molecule has 0 amide bonds. The van der Waals surface area contributed by atoms with Crippen LogP contribution in [-0.4, -0.2) is 11.0 Å². The van der Waals surface area contributed by atoms with Gasteiger partial charge >= 0.3 is 0 Å². The highest BCUT2D eigenvalue weighted by atomic mass is 16.6. The SMILES string of the molecule is CC1CCCC(C)C1NCc1cccc([N+](=O)[O-])c1. The number of rotatable bonds is 4. The Kier molecular flexibility index (Phi) is 4.53. The van der Waals surface area contributed by atoms with Gasteiger partial charge in [-0.2, -0.15) is 0 Å². The summed E-state index contributed by atoms with van der Waals surface area (Å²) in [5, 5.41) is 14.3. The molecule has 0 saturated heterocycles. The van der Waals surface area contributed by atoms with Crippen molar-refractivity contribution < 1.29 is 4.92 Å². The van der Waals surface area contributed by atoms with Crippen molar-refractivity contribution in [2.45, 2.75) is 45.7 Å². The van der Waals surface area contributed by atoms with Gasteiger partial charge in [0.05, 0.1) is 4.92 Å². The molecule has 1 aliphatic rings. The van der Waals surface area contributed by atoms with Crippen LogP contribution < -0.4 is 5.32 Å². The maximum atomic E-state index is 10.7. The van der Waals surface area contributed by atoms with Gasteiger partial charge in [-0.15, -0.1) is 0 Å². The lowest BCUT2D eigenvalue weighted by Gasteiger charge is -2.35. The van der Waals surface area contributed by atoms with Crippen molar-refractivity contribution >= 4 is 5.69 Å². The van der Waals surface area contributed by atoms with Crippen LogP contribution in [0.15, 0.2) is 24.3 Å². The van der Waals surface area contributed by atoms with Gasteiger partial charge in [0.2, 0.25) is 0 Å². The van der Waals surface area contributed by atoms with Crippen LogP contribution in [-0.2, 0) is 6.54 Å². The van der Waals surface area contributed by atoms with Crippen molar-refractivity contribution in [3.63, 3.8) is 0 Å². The Balaban J connectivity index is 1.98. The van der Waals surface area contributed by atoms with Gasteiger partial charge in [-0.25, -0.2) is 0 Å². The third kappa shape index (κ3) is 3.53. The Morgan fingerprint density at radius 2 is 2.00 bits per heavy atom. The Labute approximate surface area is 114 Å². The van der Waals surface area contributed by atoms with Gasteiger partial charge in [0.25, 0.3) is 5.69 Å². The van der Waals surface area contributed by atoms with E-state index in [0.29, 0.717) is 24.4 Å². The fraction of sp³-hybridized carbons (Fsp3) is 0.600. The highest BCUT2D eigenvalue weighted by Gasteiger charge is 2.26. The van der Waals surface area contributed by atoms with Gasteiger partial charge in [0, 0.05) is 24.7 Å². The van der Waals surface area contributed by atoms with Crippen molar-refractivity contribution in [2.24, 2.45) is 11.8 Å². The van der Waals surface area contributed by atoms with Crippen molar-refractivity contribution in [2.75, 3.05) is 0 Å². The molecule has 4 nitrogen and oxygen atoms in total. The predicted molar refractivity (Wildman–Crippen MR) is 75.9 cm³/mol. The number of nitrogens with one attached hydrogen (secondary N) is 1. The predicted octanol–water partition coefficient (Wildman–Crippen LogP) is 3.51. The van der Waals surface area contributed by atoms with Crippen LogP contribution in [0.1, 0.15) is 38.7 Å². The standard InChI is InChI=1S/C15H22N2O2/c1-11-5-3-6-12(2)15(11)16-10-13-7-4-8-14(9-13)17(18)19/h4,7-9,11-12,15-16H,3,5-6,10H2,1-2H3. The van der Waals surface area contributed by atoms with Crippen LogP contribution in [0.2, 0.25) is 0 Å².